The molecule has 0 spiro atoms. The monoisotopic (exact) mass is 442 g/mol. The molecule has 1 aliphatic rings. The largest absolute Gasteiger partial charge is 0.336 e. The van der Waals surface area contributed by atoms with Crippen LogP contribution in [0.25, 0.3) is 10.8 Å². The number of sulfonamides is 1. The minimum atomic E-state index is -3.78. The van der Waals surface area contributed by atoms with Crippen LogP contribution < -0.4 is 11.1 Å². The Labute approximate surface area is 180 Å². The smallest absolute Gasteiger partial charge is 0.254 e. The van der Waals surface area contributed by atoms with Crippen molar-refractivity contribution in [1.82, 2.24) is 14.6 Å². The van der Waals surface area contributed by atoms with Gasteiger partial charge in [0.05, 0.1) is 17.5 Å². The third-order valence-electron chi connectivity index (χ3n) is 5.41. The molecule has 9 heteroatoms. The van der Waals surface area contributed by atoms with Gasteiger partial charge in [0.25, 0.3) is 5.91 Å². The average molecular weight is 443 g/mol. The molecule has 4 rings (SSSR count). The summed E-state index contributed by atoms with van der Waals surface area (Å²) in [4.78, 5) is 16.8. The SMILES string of the molecule is NC(CS(=O)(=O)N1CCCC1c1cccc(F)c1)NC(=O)c1cncc2ccccc12. The summed E-state index contributed by atoms with van der Waals surface area (Å²) in [5.74, 6) is -1.35. The Hall–Kier alpha value is -2.88. The zero-order valence-corrected chi connectivity index (χ0v) is 17.6. The van der Waals surface area contributed by atoms with Crippen LogP contribution in [-0.4, -0.2) is 42.1 Å². The molecular formula is C22H23FN4O3S. The highest BCUT2D eigenvalue weighted by molar-refractivity contribution is 7.89. The van der Waals surface area contributed by atoms with E-state index in [1.807, 2.05) is 18.2 Å². The van der Waals surface area contributed by atoms with Gasteiger partial charge in [-0.3, -0.25) is 9.78 Å². The third kappa shape index (κ3) is 4.58. The summed E-state index contributed by atoms with van der Waals surface area (Å²) in [6, 6.07) is 12.8. The van der Waals surface area contributed by atoms with Crippen LogP contribution in [0.1, 0.15) is 34.8 Å². The van der Waals surface area contributed by atoms with Crippen LogP contribution in [-0.2, 0) is 10.0 Å². The van der Waals surface area contributed by atoms with E-state index in [9.17, 15) is 17.6 Å². The van der Waals surface area contributed by atoms with Crippen molar-refractivity contribution in [3.63, 3.8) is 0 Å². The predicted molar refractivity (Wildman–Crippen MR) is 116 cm³/mol. The molecule has 3 aromatic rings. The van der Waals surface area contributed by atoms with Gasteiger partial charge in [-0.05, 0) is 35.9 Å². The molecule has 7 nitrogen and oxygen atoms in total. The van der Waals surface area contributed by atoms with Gasteiger partial charge in [0.15, 0.2) is 0 Å². The number of amides is 1. The summed E-state index contributed by atoms with van der Waals surface area (Å²) in [7, 11) is -3.78. The third-order valence-corrected chi connectivity index (χ3v) is 7.35. The highest BCUT2D eigenvalue weighted by atomic mass is 32.2. The van der Waals surface area contributed by atoms with E-state index < -0.39 is 39.7 Å². The summed E-state index contributed by atoms with van der Waals surface area (Å²) in [6.45, 7) is 0.331. The van der Waals surface area contributed by atoms with Gasteiger partial charge in [-0.1, -0.05) is 36.4 Å². The van der Waals surface area contributed by atoms with Gasteiger partial charge in [-0.2, -0.15) is 4.31 Å². The van der Waals surface area contributed by atoms with Crippen molar-refractivity contribution in [3.05, 3.63) is 77.9 Å². The van der Waals surface area contributed by atoms with Crippen molar-refractivity contribution in [3.8, 4) is 0 Å². The molecule has 0 bridgehead atoms. The maximum atomic E-state index is 13.6. The predicted octanol–water partition coefficient (Wildman–Crippen LogP) is 2.56. The van der Waals surface area contributed by atoms with Crippen molar-refractivity contribution in [1.29, 1.82) is 0 Å². The zero-order chi connectivity index (χ0) is 22.0. The number of carbonyl (C=O) groups excluding carboxylic acids is 1. The number of benzene rings is 2. The first-order valence-electron chi connectivity index (χ1n) is 9.99. The first-order valence-corrected chi connectivity index (χ1v) is 11.6. The molecule has 31 heavy (non-hydrogen) atoms. The van der Waals surface area contributed by atoms with Gasteiger partial charge >= 0.3 is 0 Å². The lowest BCUT2D eigenvalue weighted by Crippen LogP contribution is -2.49. The van der Waals surface area contributed by atoms with E-state index in [0.29, 0.717) is 35.9 Å². The van der Waals surface area contributed by atoms with E-state index in [2.05, 4.69) is 10.3 Å². The Bertz CT molecular complexity index is 1210. The Morgan fingerprint density at radius 3 is 2.84 bits per heavy atom. The lowest BCUT2D eigenvalue weighted by atomic mass is 10.1. The highest BCUT2D eigenvalue weighted by Crippen LogP contribution is 2.34. The molecule has 1 fully saturated rings. The molecule has 2 heterocycles. The number of hydrogen-bond acceptors (Lipinski definition) is 5. The normalized spacial score (nSPS) is 18.2. The highest BCUT2D eigenvalue weighted by Gasteiger charge is 2.36. The number of carbonyl (C=O) groups is 1. The second-order valence-electron chi connectivity index (χ2n) is 7.59. The van der Waals surface area contributed by atoms with Crippen molar-refractivity contribution < 1.29 is 17.6 Å². The average Bonchev–Trinajstić information content (AvgIpc) is 3.24. The van der Waals surface area contributed by atoms with Crippen LogP contribution in [0, 0.1) is 5.82 Å². The molecule has 0 radical (unpaired) electrons. The maximum Gasteiger partial charge on any atom is 0.254 e. The molecule has 3 N–H and O–H groups in total. The van der Waals surface area contributed by atoms with Crippen molar-refractivity contribution >= 4 is 26.7 Å². The standard InChI is InChI=1S/C22H23FN4O3S/c23-17-7-3-6-15(11-17)20-9-4-10-27(20)31(29,30)14-21(24)26-22(28)19-13-25-12-16-5-1-2-8-18(16)19/h1-3,5-8,11-13,20-21H,4,9-10,14,24H2,(H,26,28). The number of rotatable bonds is 6. The van der Waals surface area contributed by atoms with Gasteiger partial charge in [0.1, 0.15) is 5.82 Å². The second-order valence-corrected chi connectivity index (χ2v) is 9.56. The maximum absolute atomic E-state index is 13.6. The number of nitrogens with two attached hydrogens (primary N) is 1. The summed E-state index contributed by atoms with van der Waals surface area (Å²) < 4.78 is 41.0. The van der Waals surface area contributed by atoms with E-state index in [1.54, 1.807) is 24.4 Å². The lowest BCUT2D eigenvalue weighted by Gasteiger charge is -2.26. The fourth-order valence-electron chi connectivity index (χ4n) is 4.03. The number of aromatic nitrogens is 1. The number of pyridine rings is 1. The molecule has 162 valence electrons. The van der Waals surface area contributed by atoms with Crippen molar-refractivity contribution in [2.75, 3.05) is 12.3 Å². The molecule has 1 amide bonds. The molecule has 2 atom stereocenters. The fraction of sp³-hybridized carbons (Fsp3) is 0.273. The van der Waals surface area contributed by atoms with E-state index in [0.717, 1.165) is 5.39 Å². The van der Waals surface area contributed by atoms with Gasteiger partial charge in [0.2, 0.25) is 10.0 Å². The minimum absolute atomic E-state index is 0.324. The topological polar surface area (TPSA) is 105 Å². The molecule has 0 saturated carbocycles. The van der Waals surface area contributed by atoms with Crippen LogP contribution in [0.5, 0.6) is 0 Å². The Kier molecular flexibility index (Phi) is 5.99. The molecule has 2 unspecified atom stereocenters. The first-order chi connectivity index (χ1) is 14.8. The van der Waals surface area contributed by atoms with Gasteiger partial charge in [0, 0.05) is 30.4 Å². The Morgan fingerprint density at radius 2 is 2.03 bits per heavy atom. The number of halogens is 1. The number of nitrogens with one attached hydrogen (secondary N) is 1. The minimum Gasteiger partial charge on any atom is -0.336 e. The molecule has 0 aliphatic carbocycles. The van der Waals surface area contributed by atoms with E-state index in [1.165, 1.54) is 22.6 Å². The van der Waals surface area contributed by atoms with Crippen LogP contribution in [0.4, 0.5) is 4.39 Å². The van der Waals surface area contributed by atoms with Crippen molar-refractivity contribution in [2.45, 2.75) is 25.0 Å². The summed E-state index contributed by atoms with van der Waals surface area (Å²) in [5.41, 5.74) is 6.94. The molecular weight excluding hydrogens is 419 g/mol. The van der Waals surface area contributed by atoms with Crippen LogP contribution in [0.3, 0.4) is 0 Å². The molecule has 1 saturated heterocycles. The quantitative estimate of drug-likeness (QED) is 0.571. The second kappa shape index (κ2) is 8.70. The van der Waals surface area contributed by atoms with Gasteiger partial charge in [-0.15, -0.1) is 0 Å². The Morgan fingerprint density at radius 1 is 1.23 bits per heavy atom. The fourth-order valence-corrected chi connectivity index (χ4v) is 5.78. The van der Waals surface area contributed by atoms with Gasteiger partial charge in [-0.25, -0.2) is 12.8 Å². The Balaban J connectivity index is 1.48. The molecule has 1 aromatic heterocycles. The van der Waals surface area contributed by atoms with E-state index in [-0.39, 0.29) is 0 Å². The molecule has 1 aliphatic heterocycles. The van der Waals surface area contributed by atoms with Crippen LogP contribution >= 0.6 is 0 Å². The molecule has 2 aromatic carbocycles. The van der Waals surface area contributed by atoms with Crippen LogP contribution in [0.15, 0.2) is 60.9 Å². The van der Waals surface area contributed by atoms with E-state index in [4.69, 9.17) is 5.73 Å². The number of fused-ring (bicyclic) bond motifs is 1. The summed E-state index contributed by atoms with van der Waals surface area (Å²) in [5, 5.41) is 4.07. The van der Waals surface area contributed by atoms with E-state index >= 15 is 0 Å². The zero-order valence-electron chi connectivity index (χ0n) is 16.7. The first kappa shape index (κ1) is 21.4. The number of hydrogen-bond donors (Lipinski definition) is 2. The number of nitrogens with zero attached hydrogens (tertiary/aromatic N) is 2. The summed E-state index contributed by atoms with van der Waals surface area (Å²) in [6.07, 6.45) is 3.25. The lowest BCUT2D eigenvalue weighted by molar-refractivity contribution is 0.0943. The summed E-state index contributed by atoms with van der Waals surface area (Å²) >= 11 is 0. The van der Waals surface area contributed by atoms with Crippen molar-refractivity contribution in [2.24, 2.45) is 5.73 Å². The van der Waals surface area contributed by atoms with Gasteiger partial charge < -0.3 is 11.1 Å². The van der Waals surface area contributed by atoms with Crippen LogP contribution in [0.2, 0.25) is 0 Å².